The van der Waals surface area contributed by atoms with Crippen molar-refractivity contribution in [2.75, 3.05) is 16.4 Å². The first kappa shape index (κ1) is 72.8. The van der Waals surface area contributed by atoms with Crippen molar-refractivity contribution in [3.05, 3.63) is 132 Å². The summed E-state index contributed by atoms with van der Waals surface area (Å²) in [6, 6.07) is 5.74. The highest BCUT2D eigenvalue weighted by Gasteiger charge is 2.47. The molecule has 6 atom stereocenters. The van der Waals surface area contributed by atoms with E-state index in [1.807, 2.05) is 92.7 Å². The highest BCUT2D eigenvalue weighted by Crippen LogP contribution is 2.43. The van der Waals surface area contributed by atoms with Gasteiger partial charge in [0.05, 0.1) is 22.6 Å². The first-order chi connectivity index (χ1) is 45.9. The summed E-state index contributed by atoms with van der Waals surface area (Å²) in [5.74, 6) is -2.83. The Bertz CT molecular complexity index is 3600. The lowest BCUT2D eigenvalue weighted by atomic mass is 9.87. The number of nitrogens with zero attached hydrogens (tertiary/aromatic N) is 10. The van der Waals surface area contributed by atoms with Crippen LogP contribution in [-0.4, -0.2) is 122 Å². The lowest BCUT2D eigenvalue weighted by Crippen LogP contribution is -2.57. The number of aryl methyl sites for hydroxylation is 2. The monoisotopic (exact) mass is 1370 g/mol. The van der Waals surface area contributed by atoms with Gasteiger partial charge in [0.15, 0.2) is 0 Å². The SMILES string of the molecule is CC[C@@H]1CC(N(Cc2cc(C(F)(F)F)cc(C(F)(F)F)c2)c2ncc(-c3ccn(C)c3)cn2)C[C@H](CC)N1C(=O)OCC1(C(=O)O)CCCC1.CC[C@@H]1CC(N(Cc2cc(F)cc(C(F)(F)F)c2)c2ncc(-c3ccn(C)c3)cn2)C[C@H](CC)N1C(=O)OC1CCC(C(=O)O)CC1. The molecular formula is C69H82F10N10O8. The third-order valence-corrected chi connectivity index (χ3v) is 19.5. The van der Waals surface area contributed by atoms with E-state index in [1.165, 1.54) is 0 Å². The zero-order valence-electron chi connectivity index (χ0n) is 54.9. The fraction of sp³-hybridized carbons (Fsp3) is 0.536. The van der Waals surface area contributed by atoms with Crippen molar-refractivity contribution in [2.24, 2.45) is 25.4 Å². The summed E-state index contributed by atoms with van der Waals surface area (Å²) in [5, 5.41) is 19.2. The van der Waals surface area contributed by atoms with Crippen molar-refractivity contribution < 1.29 is 82.8 Å². The van der Waals surface area contributed by atoms with Crippen LogP contribution in [0.4, 0.5) is 65.4 Å². The zero-order chi connectivity index (χ0) is 70.3. The number of likely N-dealkylation sites (tertiary alicyclic amines) is 2. The van der Waals surface area contributed by atoms with Gasteiger partial charge in [-0.15, -0.1) is 0 Å². The standard InChI is InChI=1S/C35H41F6N5O4.C34H41F4N5O4/c1-4-27-15-29(16-28(5-2)46(27)32(49)50-21-33(30(47)48)9-6-7-10-33)45(31-42-17-24(18-43-31)23-8-11-44(3)20-23)19-22-12-25(34(36,37)38)14-26(13-22)35(39,40)41;1-4-27-15-29(16-28(5-2)43(27)33(46)47-30-8-6-22(7-9-30)31(44)45)42(19-21-12-25(34(36,37)38)14-26(35)13-21)32-39-17-24(18-40-32)23-10-11-41(3)20-23/h8,11-14,17-18,20,27-29H,4-7,9-10,15-16,19,21H2,1-3H3,(H,47,48);10-14,17-18,20,22,27-30H,4-9,15-16,19H2,1-3H3,(H,44,45)/t27-,28+,29?;22?,27-,28+,29?,30?. The average Bonchev–Trinajstić information content (AvgIpc) is 1.25. The first-order valence-corrected chi connectivity index (χ1v) is 32.9. The van der Waals surface area contributed by atoms with E-state index in [0.29, 0.717) is 120 Å². The third kappa shape index (κ3) is 17.6. The number of alkyl halides is 9. The molecule has 0 bridgehead atoms. The van der Waals surface area contributed by atoms with Crippen LogP contribution in [0.3, 0.4) is 0 Å². The van der Waals surface area contributed by atoms with Gasteiger partial charge in [-0.25, -0.2) is 33.9 Å². The molecule has 2 unspecified atom stereocenters. The number of benzene rings is 2. The van der Waals surface area contributed by atoms with Gasteiger partial charge in [0.2, 0.25) is 11.9 Å². The summed E-state index contributed by atoms with van der Waals surface area (Å²) in [6.45, 7) is 6.99. The first-order valence-electron chi connectivity index (χ1n) is 32.9. The van der Waals surface area contributed by atoms with Gasteiger partial charge in [0.25, 0.3) is 0 Å². The molecule has 4 aliphatic rings. The van der Waals surface area contributed by atoms with Crippen LogP contribution in [0.15, 0.2) is 98.1 Å². The van der Waals surface area contributed by atoms with Gasteiger partial charge < -0.3 is 48.4 Å². The quantitative estimate of drug-likeness (QED) is 0.0725. The van der Waals surface area contributed by atoms with Crippen LogP contribution >= 0.6 is 0 Å². The van der Waals surface area contributed by atoms with E-state index in [0.717, 1.165) is 41.7 Å². The van der Waals surface area contributed by atoms with Gasteiger partial charge in [-0.2, -0.15) is 39.5 Å². The molecule has 526 valence electrons. The summed E-state index contributed by atoms with van der Waals surface area (Å²) >= 11 is 0. The molecule has 2 saturated heterocycles. The second kappa shape index (κ2) is 30.5. The van der Waals surface area contributed by atoms with Gasteiger partial charge in [-0.3, -0.25) is 9.59 Å². The maximum absolute atomic E-state index is 14.5. The summed E-state index contributed by atoms with van der Waals surface area (Å²) in [5.41, 5.74) is -1.95. The van der Waals surface area contributed by atoms with Crippen molar-refractivity contribution in [2.45, 2.75) is 204 Å². The van der Waals surface area contributed by atoms with Crippen molar-refractivity contribution in [3.8, 4) is 22.3 Å². The Morgan fingerprint density at radius 1 is 0.557 bits per heavy atom. The van der Waals surface area contributed by atoms with Crippen LogP contribution in [0, 0.1) is 17.2 Å². The number of hydrogen-bond donors (Lipinski definition) is 2. The number of carbonyl (C=O) groups is 4. The molecule has 2 amide bonds. The average molecular weight is 1370 g/mol. The highest BCUT2D eigenvalue weighted by molar-refractivity contribution is 5.76. The molecule has 6 aromatic rings. The maximum atomic E-state index is 14.5. The number of amides is 2. The predicted molar refractivity (Wildman–Crippen MR) is 339 cm³/mol. The number of hydrogen-bond acceptors (Lipinski definition) is 12. The van der Waals surface area contributed by atoms with Crippen LogP contribution in [0.5, 0.6) is 0 Å². The Balaban J connectivity index is 0.000000228. The number of aromatic nitrogens is 6. The van der Waals surface area contributed by atoms with E-state index in [9.17, 15) is 73.3 Å². The number of rotatable bonds is 19. The Labute approximate surface area is 556 Å². The number of aliphatic carboxylic acids is 2. The normalized spacial score (nSPS) is 22.1. The molecule has 10 rings (SSSR count). The van der Waals surface area contributed by atoms with E-state index >= 15 is 0 Å². The number of anilines is 2. The molecule has 18 nitrogen and oxygen atoms in total. The lowest BCUT2D eigenvalue weighted by molar-refractivity contribution is -0.151. The number of carboxylic acids is 2. The Morgan fingerprint density at radius 3 is 1.31 bits per heavy atom. The molecule has 2 saturated carbocycles. The number of carbonyl (C=O) groups excluding carboxylic acids is 2. The lowest BCUT2D eigenvalue weighted by Gasteiger charge is -2.47. The van der Waals surface area contributed by atoms with Crippen molar-refractivity contribution >= 4 is 36.0 Å². The van der Waals surface area contributed by atoms with Gasteiger partial charge in [-0.1, -0.05) is 40.5 Å². The molecule has 2 aliphatic carbocycles. The second-order valence-corrected chi connectivity index (χ2v) is 26.0. The second-order valence-electron chi connectivity index (χ2n) is 26.0. The molecule has 6 heterocycles. The van der Waals surface area contributed by atoms with Gasteiger partial charge in [-0.05, 0) is 150 Å². The molecule has 2 aromatic carbocycles. The molecule has 4 aromatic heterocycles. The fourth-order valence-corrected chi connectivity index (χ4v) is 14.2. The molecule has 4 fully saturated rings. The Morgan fingerprint density at radius 2 is 0.948 bits per heavy atom. The van der Waals surface area contributed by atoms with Crippen LogP contribution in [0.25, 0.3) is 22.3 Å². The Hall–Kier alpha value is -8.46. The molecule has 2 aliphatic heterocycles. The van der Waals surface area contributed by atoms with E-state index in [4.69, 9.17) is 9.47 Å². The van der Waals surface area contributed by atoms with Crippen LogP contribution in [0.2, 0.25) is 0 Å². The van der Waals surface area contributed by atoms with Crippen molar-refractivity contribution in [3.63, 3.8) is 0 Å². The number of halogens is 10. The molecule has 2 N–H and O–H groups in total. The van der Waals surface area contributed by atoms with Crippen LogP contribution in [0.1, 0.15) is 158 Å². The minimum absolute atomic E-state index is 0.0691. The number of piperidine rings is 2. The summed E-state index contributed by atoms with van der Waals surface area (Å²) in [7, 11) is 3.75. The molecule has 0 radical (unpaired) electrons. The molecule has 97 heavy (non-hydrogen) atoms. The van der Waals surface area contributed by atoms with Gasteiger partial charge in [0.1, 0.15) is 23.9 Å². The molecule has 0 spiro atoms. The largest absolute Gasteiger partial charge is 0.481 e. The zero-order valence-corrected chi connectivity index (χ0v) is 54.9. The van der Waals surface area contributed by atoms with Crippen molar-refractivity contribution in [1.82, 2.24) is 38.9 Å². The summed E-state index contributed by atoms with van der Waals surface area (Å²) in [6.07, 6.45) is 5.63. The van der Waals surface area contributed by atoms with E-state index < -0.39 is 94.6 Å². The van der Waals surface area contributed by atoms with E-state index in [1.54, 1.807) is 39.5 Å². The number of carboxylic acid groups (broad SMARTS) is 2. The van der Waals surface area contributed by atoms with E-state index in [2.05, 4.69) is 19.9 Å². The smallest absolute Gasteiger partial charge is 0.416 e. The molecule has 28 heteroatoms. The predicted octanol–water partition coefficient (Wildman–Crippen LogP) is 15.8. The van der Waals surface area contributed by atoms with Crippen LogP contribution < -0.4 is 9.80 Å². The summed E-state index contributed by atoms with van der Waals surface area (Å²) in [4.78, 5) is 75.8. The van der Waals surface area contributed by atoms with Gasteiger partial charge in [0, 0.05) is 135 Å². The third-order valence-electron chi connectivity index (χ3n) is 19.5. The maximum Gasteiger partial charge on any atom is 0.416 e. The minimum atomic E-state index is -5.02. The van der Waals surface area contributed by atoms with Crippen LogP contribution in [-0.2, 0) is 64.8 Å². The number of ether oxygens (including phenoxy) is 2. The Kier molecular flexibility index (Phi) is 22.9. The van der Waals surface area contributed by atoms with Gasteiger partial charge >= 0.3 is 42.7 Å². The van der Waals surface area contributed by atoms with Crippen molar-refractivity contribution in [1.29, 1.82) is 0 Å². The van der Waals surface area contributed by atoms with E-state index in [-0.39, 0.29) is 67.1 Å². The highest BCUT2D eigenvalue weighted by atomic mass is 19.4. The fourth-order valence-electron chi connectivity index (χ4n) is 14.2. The summed E-state index contributed by atoms with van der Waals surface area (Å²) < 4.78 is 154. The minimum Gasteiger partial charge on any atom is -0.481 e. The molecular weight excluding hydrogens is 1290 g/mol. The topological polar surface area (TPSA) is 202 Å².